The van der Waals surface area contributed by atoms with Gasteiger partial charge in [0.05, 0.1) is 5.39 Å². The van der Waals surface area contributed by atoms with Gasteiger partial charge in [-0.3, -0.25) is 0 Å². The van der Waals surface area contributed by atoms with Gasteiger partial charge in [0, 0.05) is 6.20 Å². The molecule has 0 atom stereocenters. The SMILES string of the molecule is FSn1ccc2c(Cl)ncnc21. The second kappa shape index (κ2) is 2.91. The van der Waals surface area contributed by atoms with Crippen molar-refractivity contribution in [1.29, 1.82) is 0 Å². The van der Waals surface area contributed by atoms with Crippen LogP contribution >= 0.6 is 23.9 Å². The molecule has 62 valence electrons. The number of rotatable bonds is 1. The predicted molar refractivity (Wildman–Crippen MR) is 46.6 cm³/mol. The van der Waals surface area contributed by atoms with E-state index in [1.54, 1.807) is 12.3 Å². The highest BCUT2D eigenvalue weighted by molar-refractivity contribution is 7.92. The fourth-order valence-corrected chi connectivity index (χ4v) is 1.46. The Morgan fingerprint density at radius 1 is 1.50 bits per heavy atom. The Bertz CT molecular complexity index is 416. The van der Waals surface area contributed by atoms with Crippen LogP contribution in [0.15, 0.2) is 18.6 Å². The smallest absolute Gasteiger partial charge is 0.171 e. The Balaban J connectivity index is 2.80. The summed E-state index contributed by atoms with van der Waals surface area (Å²) in [5.41, 5.74) is 0.488. The number of hydrogen-bond donors (Lipinski definition) is 0. The molecule has 0 unspecified atom stereocenters. The first-order valence-electron chi connectivity index (χ1n) is 3.09. The van der Waals surface area contributed by atoms with Crippen LogP contribution < -0.4 is 0 Å². The summed E-state index contributed by atoms with van der Waals surface area (Å²) in [6, 6.07) is 1.67. The summed E-state index contributed by atoms with van der Waals surface area (Å²) in [5.74, 6) is 0. The number of halogens is 2. The minimum absolute atomic E-state index is 0.0814. The molecule has 3 nitrogen and oxygen atoms in total. The van der Waals surface area contributed by atoms with Gasteiger partial charge in [0.1, 0.15) is 11.5 Å². The van der Waals surface area contributed by atoms with Gasteiger partial charge in [-0.1, -0.05) is 11.6 Å². The van der Waals surface area contributed by atoms with Crippen LogP contribution in [0.25, 0.3) is 11.0 Å². The molecule has 0 radical (unpaired) electrons. The van der Waals surface area contributed by atoms with Crippen molar-refractivity contribution in [3.63, 3.8) is 0 Å². The first kappa shape index (κ1) is 7.82. The van der Waals surface area contributed by atoms with E-state index in [1.807, 2.05) is 0 Å². The second-order valence-electron chi connectivity index (χ2n) is 2.11. The van der Waals surface area contributed by atoms with Crippen molar-refractivity contribution in [2.24, 2.45) is 0 Å². The normalized spacial score (nSPS) is 10.8. The van der Waals surface area contributed by atoms with Crippen LogP contribution in [0, 0.1) is 0 Å². The molecule has 0 saturated heterocycles. The molecule has 0 amide bonds. The average Bonchev–Trinajstić information content (AvgIpc) is 2.49. The molecule has 6 heteroatoms. The van der Waals surface area contributed by atoms with Gasteiger partial charge >= 0.3 is 0 Å². The lowest BCUT2D eigenvalue weighted by Gasteiger charge is -1.94. The summed E-state index contributed by atoms with van der Waals surface area (Å²) < 4.78 is 13.5. The van der Waals surface area contributed by atoms with E-state index in [1.165, 1.54) is 10.3 Å². The van der Waals surface area contributed by atoms with E-state index in [-0.39, 0.29) is 12.3 Å². The second-order valence-corrected chi connectivity index (χ2v) is 3.00. The summed E-state index contributed by atoms with van der Waals surface area (Å²) in [6.45, 7) is 0. The van der Waals surface area contributed by atoms with Gasteiger partial charge in [0.15, 0.2) is 18.0 Å². The van der Waals surface area contributed by atoms with Crippen LogP contribution in [-0.4, -0.2) is 13.9 Å². The van der Waals surface area contributed by atoms with Gasteiger partial charge in [0.2, 0.25) is 0 Å². The van der Waals surface area contributed by atoms with Crippen LogP contribution in [0.4, 0.5) is 3.89 Å². The lowest BCUT2D eigenvalue weighted by molar-refractivity contribution is 0.919. The van der Waals surface area contributed by atoms with Crippen molar-refractivity contribution in [3.05, 3.63) is 23.7 Å². The maximum absolute atomic E-state index is 12.2. The quantitative estimate of drug-likeness (QED) is 0.667. The minimum atomic E-state index is 0.0814. The molecule has 0 fully saturated rings. The zero-order valence-electron chi connectivity index (χ0n) is 5.74. The Morgan fingerprint density at radius 2 is 2.33 bits per heavy atom. The summed E-state index contributed by atoms with van der Waals surface area (Å²) in [7, 11) is 0. The van der Waals surface area contributed by atoms with E-state index in [4.69, 9.17) is 11.6 Å². The monoisotopic (exact) mass is 203 g/mol. The first-order valence-corrected chi connectivity index (χ1v) is 4.15. The highest BCUT2D eigenvalue weighted by Gasteiger charge is 2.05. The zero-order chi connectivity index (χ0) is 8.55. The molecular weight excluding hydrogens is 201 g/mol. The Kier molecular flexibility index (Phi) is 1.90. The molecule has 0 bridgehead atoms. The van der Waals surface area contributed by atoms with Gasteiger partial charge in [-0.05, 0) is 6.07 Å². The van der Waals surface area contributed by atoms with Crippen molar-refractivity contribution in [2.45, 2.75) is 0 Å². The van der Waals surface area contributed by atoms with Crippen molar-refractivity contribution in [2.75, 3.05) is 0 Å². The van der Waals surface area contributed by atoms with E-state index in [2.05, 4.69) is 9.97 Å². The first-order chi connectivity index (χ1) is 5.83. The third kappa shape index (κ3) is 1.05. The van der Waals surface area contributed by atoms with Gasteiger partial charge < -0.3 is 0 Å². The van der Waals surface area contributed by atoms with E-state index in [9.17, 15) is 3.89 Å². The molecule has 0 spiro atoms. The van der Waals surface area contributed by atoms with Crippen LogP contribution in [0.1, 0.15) is 0 Å². The fraction of sp³-hybridized carbons (Fsp3) is 0. The standard InChI is InChI=1S/C6H3ClFN3S/c7-5-4-1-2-11(12-8)6(4)10-3-9-5/h1-3H. The van der Waals surface area contributed by atoms with Gasteiger partial charge in [-0.2, -0.15) is 0 Å². The molecule has 0 N–H and O–H groups in total. The Morgan fingerprint density at radius 3 is 3.08 bits per heavy atom. The number of hydrogen-bond acceptors (Lipinski definition) is 3. The lowest BCUT2D eigenvalue weighted by atomic mass is 10.4. The van der Waals surface area contributed by atoms with Gasteiger partial charge in [-0.15, -0.1) is 3.89 Å². The number of nitrogens with zero attached hydrogens (tertiary/aromatic N) is 3. The summed E-state index contributed by atoms with van der Waals surface area (Å²) in [4.78, 5) is 7.64. The molecule has 0 aliphatic rings. The van der Waals surface area contributed by atoms with Crippen molar-refractivity contribution >= 4 is 35.0 Å². The molecule has 2 rings (SSSR count). The third-order valence-electron chi connectivity index (χ3n) is 1.47. The Hall–Kier alpha value is -0.810. The number of fused-ring (bicyclic) bond motifs is 1. The molecule has 0 aromatic carbocycles. The van der Waals surface area contributed by atoms with E-state index in [0.717, 1.165) is 0 Å². The molecule has 0 aliphatic carbocycles. The minimum Gasteiger partial charge on any atom is -0.247 e. The molecule has 0 saturated carbocycles. The maximum atomic E-state index is 12.2. The molecule has 0 aliphatic heterocycles. The van der Waals surface area contributed by atoms with Gasteiger partial charge in [0.25, 0.3) is 0 Å². The largest absolute Gasteiger partial charge is 0.247 e. The Labute approximate surface area is 77.0 Å². The van der Waals surface area contributed by atoms with E-state index in [0.29, 0.717) is 16.2 Å². The van der Waals surface area contributed by atoms with Crippen molar-refractivity contribution in [3.8, 4) is 0 Å². The maximum Gasteiger partial charge on any atom is 0.171 e. The lowest BCUT2D eigenvalue weighted by Crippen LogP contribution is -1.85. The summed E-state index contributed by atoms with van der Waals surface area (Å²) >= 11 is 5.81. The molecule has 2 aromatic heterocycles. The summed E-state index contributed by atoms with van der Waals surface area (Å²) in [6.07, 6.45) is 2.85. The average molecular weight is 204 g/mol. The highest BCUT2D eigenvalue weighted by Crippen LogP contribution is 2.23. The predicted octanol–water partition coefficient (Wildman–Crippen LogP) is 2.47. The topological polar surface area (TPSA) is 30.7 Å². The van der Waals surface area contributed by atoms with E-state index < -0.39 is 0 Å². The van der Waals surface area contributed by atoms with Crippen molar-refractivity contribution in [1.82, 2.24) is 13.9 Å². The number of aromatic nitrogens is 3. The van der Waals surface area contributed by atoms with Gasteiger partial charge in [-0.25, -0.2) is 13.9 Å². The van der Waals surface area contributed by atoms with Crippen molar-refractivity contribution < 1.29 is 3.89 Å². The van der Waals surface area contributed by atoms with E-state index >= 15 is 0 Å². The van der Waals surface area contributed by atoms with Crippen LogP contribution in [0.3, 0.4) is 0 Å². The zero-order valence-corrected chi connectivity index (χ0v) is 7.31. The fourth-order valence-electron chi connectivity index (χ4n) is 0.953. The van der Waals surface area contributed by atoms with Crippen LogP contribution in [0.2, 0.25) is 5.15 Å². The van der Waals surface area contributed by atoms with Crippen LogP contribution in [-0.2, 0) is 0 Å². The molecule has 12 heavy (non-hydrogen) atoms. The molecular formula is C6H3ClFN3S. The van der Waals surface area contributed by atoms with Crippen LogP contribution in [0.5, 0.6) is 0 Å². The molecule has 2 aromatic rings. The third-order valence-corrected chi connectivity index (χ3v) is 2.22. The highest BCUT2D eigenvalue weighted by atomic mass is 35.5. The summed E-state index contributed by atoms with van der Waals surface area (Å²) in [5, 5.41) is 0.997. The molecule has 2 heterocycles.